The van der Waals surface area contributed by atoms with Crippen LogP contribution in [-0.2, 0) is 11.2 Å². The molecule has 0 aliphatic carbocycles. The number of amides is 1. The number of hydrogen-bond acceptors (Lipinski definition) is 6. The summed E-state index contributed by atoms with van der Waals surface area (Å²) in [5, 5.41) is 11.3. The average Bonchev–Trinajstić information content (AvgIpc) is 2.85. The summed E-state index contributed by atoms with van der Waals surface area (Å²) >= 11 is 1.73. The topological polar surface area (TPSA) is 59.1 Å². The number of aliphatic hydroxyl groups excluding tert-OH is 1. The number of benzene rings is 2. The normalized spacial score (nSPS) is 19.1. The van der Waals surface area contributed by atoms with Crippen LogP contribution in [0.1, 0.15) is 73.9 Å². The molecule has 0 spiro atoms. The van der Waals surface area contributed by atoms with Crippen molar-refractivity contribution in [1.29, 1.82) is 0 Å². The number of rotatable bonds is 5. The summed E-state index contributed by atoms with van der Waals surface area (Å²) in [5.41, 5.74) is 7.66. The van der Waals surface area contributed by atoms with E-state index in [1.165, 1.54) is 27.9 Å². The lowest BCUT2D eigenvalue weighted by molar-refractivity contribution is -0.131. The van der Waals surface area contributed by atoms with Gasteiger partial charge in [0.05, 0.1) is 12.5 Å². The summed E-state index contributed by atoms with van der Waals surface area (Å²) in [4.78, 5) is 14.9. The summed E-state index contributed by atoms with van der Waals surface area (Å²) in [7, 11) is 4.11. The largest absolute Gasteiger partial charge is 0.397 e. The molecule has 2 aromatic carbocycles. The molecule has 0 radical (unpaired) electrons. The maximum absolute atomic E-state index is 12.9. The molecule has 2 N–H and O–H groups in total. The third-order valence-electron chi connectivity index (χ3n) is 6.44. The second kappa shape index (κ2) is 15.4. The molecule has 206 valence electrons. The van der Waals surface area contributed by atoms with Gasteiger partial charge in [0.15, 0.2) is 0 Å². The van der Waals surface area contributed by atoms with Crippen molar-refractivity contribution in [2.75, 3.05) is 52.2 Å². The number of piperazine rings is 1. The van der Waals surface area contributed by atoms with Crippen LogP contribution in [0.5, 0.6) is 0 Å². The molecule has 1 fully saturated rings. The third-order valence-corrected chi connectivity index (χ3v) is 7.36. The second-order valence-corrected chi connectivity index (χ2v) is 11.3. The molecule has 0 aromatic heterocycles. The average molecular weight is 529 g/mol. The van der Waals surface area contributed by atoms with Gasteiger partial charge in [0, 0.05) is 50.6 Å². The van der Waals surface area contributed by atoms with Gasteiger partial charge < -0.3 is 15.3 Å². The summed E-state index contributed by atoms with van der Waals surface area (Å²) in [6.45, 7) is 16.0. The van der Waals surface area contributed by atoms with Gasteiger partial charge in [-0.1, -0.05) is 62.2 Å². The Morgan fingerprint density at radius 1 is 1.05 bits per heavy atom. The van der Waals surface area contributed by atoms with Gasteiger partial charge in [-0.15, -0.1) is 0 Å². The minimum absolute atomic E-state index is 0.240. The van der Waals surface area contributed by atoms with E-state index >= 15 is 0 Å². The lowest BCUT2D eigenvalue weighted by Gasteiger charge is -2.35. The second-order valence-electron chi connectivity index (χ2n) is 9.87. The summed E-state index contributed by atoms with van der Waals surface area (Å²) < 4.78 is 4.42. The fourth-order valence-corrected chi connectivity index (χ4v) is 5.74. The first-order chi connectivity index (χ1) is 17.7. The van der Waals surface area contributed by atoms with E-state index in [0.29, 0.717) is 18.4 Å². The van der Waals surface area contributed by atoms with Crippen molar-refractivity contribution in [3.63, 3.8) is 0 Å². The molecule has 37 heavy (non-hydrogen) atoms. The minimum atomic E-state index is 0.240. The van der Waals surface area contributed by atoms with E-state index in [4.69, 9.17) is 5.11 Å². The minimum Gasteiger partial charge on any atom is -0.397 e. The number of aryl methyl sites for hydroxylation is 2. The first kappa shape index (κ1) is 31.2. The van der Waals surface area contributed by atoms with Gasteiger partial charge in [-0.3, -0.25) is 4.79 Å². The Balaban J connectivity index is 0.000000898. The van der Waals surface area contributed by atoms with Crippen LogP contribution in [0, 0.1) is 13.8 Å². The summed E-state index contributed by atoms with van der Waals surface area (Å²) in [6.07, 6.45) is 1.56. The first-order valence-corrected chi connectivity index (χ1v) is 14.4. The summed E-state index contributed by atoms with van der Waals surface area (Å²) in [6, 6.07) is 13.7. The van der Waals surface area contributed by atoms with E-state index in [0.717, 1.165) is 38.2 Å². The molecule has 2 aliphatic heterocycles. The molecule has 1 saturated heterocycles. The zero-order valence-corrected chi connectivity index (χ0v) is 25.0. The monoisotopic (exact) mass is 528 g/mol. The molecule has 2 heterocycles. The third kappa shape index (κ3) is 9.32. The Hall–Kier alpha value is -2.06. The number of nitrogens with one attached hydrogen (secondary N) is 1. The Labute approximate surface area is 229 Å². The van der Waals surface area contributed by atoms with Crippen LogP contribution in [-0.4, -0.2) is 71.4 Å². The highest BCUT2D eigenvalue weighted by molar-refractivity contribution is 7.94. The van der Waals surface area contributed by atoms with Crippen LogP contribution in [0.15, 0.2) is 36.4 Å². The van der Waals surface area contributed by atoms with E-state index in [1.54, 1.807) is 19.1 Å². The van der Waals surface area contributed by atoms with E-state index in [2.05, 4.69) is 85.2 Å². The highest BCUT2D eigenvalue weighted by atomic mass is 32.2. The first-order valence-electron chi connectivity index (χ1n) is 13.7. The maximum atomic E-state index is 12.9. The SMILES string of the molecule is CC.CCO.Cc1cc(C)cc([C@@H]2CC(C)c3cc(CC(=O)N4CCN(SN(C)C)CC4)ccc3N2)c1. The Morgan fingerprint density at radius 3 is 2.22 bits per heavy atom. The van der Waals surface area contributed by atoms with Gasteiger partial charge in [-0.05, 0) is 70.0 Å². The number of hydrogen-bond donors (Lipinski definition) is 2. The molecule has 7 heteroatoms. The van der Waals surface area contributed by atoms with Gasteiger partial charge in [-0.2, -0.15) is 0 Å². The zero-order valence-electron chi connectivity index (χ0n) is 24.2. The lowest BCUT2D eigenvalue weighted by Crippen LogP contribution is -2.47. The van der Waals surface area contributed by atoms with Gasteiger partial charge >= 0.3 is 0 Å². The Kier molecular flexibility index (Phi) is 12.9. The molecule has 0 saturated carbocycles. The molecule has 0 bridgehead atoms. The van der Waals surface area contributed by atoms with E-state index < -0.39 is 0 Å². The number of anilines is 1. The number of fused-ring (bicyclic) bond motifs is 1. The van der Waals surface area contributed by atoms with Crippen LogP contribution in [0.25, 0.3) is 0 Å². The van der Waals surface area contributed by atoms with Crippen LogP contribution >= 0.6 is 12.1 Å². The molecular weight excluding hydrogens is 480 g/mol. The molecule has 1 amide bonds. The maximum Gasteiger partial charge on any atom is 0.227 e. The number of carbonyl (C=O) groups excluding carboxylic acids is 1. The number of aliphatic hydroxyl groups is 1. The molecule has 2 aliphatic rings. The number of carbonyl (C=O) groups is 1. The van der Waals surface area contributed by atoms with Crippen molar-refractivity contribution in [1.82, 2.24) is 13.5 Å². The van der Waals surface area contributed by atoms with Crippen LogP contribution in [0.3, 0.4) is 0 Å². The van der Waals surface area contributed by atoms with E-state index in [1.807, 2.05) is 18.7 Å². The Bertz CT molecular complexity index is 969. The van der Waals surface area contributed by atoms with E-state index in [-0.39, 0.29) is 12.5 Å². The molecule has 1 unspecified atom stereocenters. The highest BCUT2D eigenvalue weighted by Gasteiger charge is 2.26. The quantitative estimate of drug-likeness (QED) is 0.479. The van der Waals surface area contributed by atoms with Crippen molar-refractivity contribution in [2.24, 2.45) is 0 Å². The standard InChI is InChI=1S/C26H36N4OS.C2H6O.C2H6/c1-18-12-19(2)14-22(13-18)25-15-20(3)23-16-21(6-7-24(23)27-25)17-26(31)29-8-10-30(11-9-29)32-28(4)5;1-2-3;1-2/h6-7,12-14,16,20,25,27H,8-11,15,17H2,1-5H3;3H,2H2,1H3;1-2H3/t20?,25-;;/m0../s1. The van der Waals surface area contributed by atoms with Crippen LogP contribution in [0.4, 0.5) is 5.69 Å². The fraction of sp³-hybridized carbons (Fsp3) is 0.567. The number of nitrogens with zero attached hydrogens (tertiary/aromatic N) is 3. The fourth-order valence-electron chi connectivity index (χ4n) is 4.96. The van der Waals surface area contributed by atoms with Crippen molar-refractivity contribution in [3.05, 3.63) is 64.2 Å². The highest BCUT2D eigenvalue weighted by Crippen LogP contribution is 2.40. The van der Waals surface area contributed by atoms with Gasteiger partial charge in [0.25, 0.3) is 0 Å². The van der Waals surface area contributed by atoms with Crippen LogP contribution in [0.2, 0.25) is 0 Å². The molecule has 2 atom stereocenters. The van der Waals surface area contributed by atoms with Crippen LogP contribution < -0.4 is 5.32 Å². The van der Waals surface area contributed by atoms with Gasteiger partial charge in [-0.25, -0.2) is 8.61 Å². The molecule has 6 nitrogen and oxygen atoms in total. The van der Waals surface area contributed by atoms with Crippen molar-refractivity contribution in [2.45, 2.75) is 66.3 Å². The zero-order chi connectivity index (χ0) is 27.5. The molecule has 2 aromatic rings. The lowest BCUT2D eigenvalue weighted by atomic mass is 9.84. The Morgan fingerprint density at radius 2 is 1.65 bits per heavy atom. The van der Waals surface area contributed by atoms with Crippen molar-refractivity contribution in [3.8, 4) is 0 Å². The predicted molar refractivity (Wildman–Crippen MR) is 159 cm³/mol. The smallest absolute Gasteiger partial charge is 0.227 e. The van der Waals surface area contributed by atoms with Gasteiger partial charge in [0.2, 0.25) is 5.91 Å². The molecule has 4 rings (SSSR count). The van der Waals surface area contributed by atoms with E-state index in [9.17, 15) is 4.79 Å². The summed E-state index contributed by atoms with van der Waals surface area (Å²) in [5.74, 6) is 0.697. The van der Waals surface area contributed by atoms with Crippen molar-refractivity contribution >= 4 is 23.7 Å². The predicted octanol–water partition coefficient (Wildman–Crippen LogP) is 5.80. The van der Waals surface area contributed by atoms with Gasteiger partial charge in [0.1, 0.15) is 0 Å². The van der Waals surface area contributed by atoms with Crippen molar-refractivity contribution < 1.29 is 9.90 Å². The molecular formula is C30H48N4O2S.